The Morgan fingerprint density at radius 3 is 2.65 bits per heavy atom. The van der Waals surface area contributed by atoms with Crippen LogP contribution in [0.4, 0.5) is 10.7 Å². The summed E-state index contributed by atoms with van der Waals surface area (Å²) in [7, 11) is 0. The summed E-state index contributed by atoms with van der Waals surface area (Å²) >= 11 is 2.82. The maximum atomic E-state index is 13.0. The van der Waals surface area contributed by atoms with Crippen LogP contribution in [0.3, 0.4) is 0 Å². The lowest BCUT2D eigenvalue weighted by Crippen LogP contribution is -2.22. The van der Waals surface area contributed by atoms with Crippen LogP contribution in [0.2, 0.25) is 0 Å². The highest BCUT2D eigenvalue weighted by molar-refractivity contribution is 8.00. The molecule has 0 saturated heterocycles. The molecule has 1 aliphatic rings. The van der Waals surface area contributed by atoms with Gasteiger partial charge in [-0.3, -0.25) is 9.59 Å². The first-order valence-corrected chi connectivity index (χ1v) is 13.4. The number of carboxylic acids is 1. The third-order valence-corrected chi connectivity index (χ3v) is 8.31. The minimum Gasteiger partial charge on any atom is -0.478 e. The van der Waals surface area contributed by atoms with Crippen molar-refractivity contribution in [3.63, 3.8) is 0 Å². The number of carbonyl (C=O) groups is 3. The fraction of sp³-hybridized carbons (Fsp3) is 0.214. The van der Waals surface area contributed by atoms with Gasteiger partial charge in [-0.1, -0.05) is 36.4 Å². The van der Waals surface area contributed by atoms with E-state index in [1.807, 2.05) is 24.3 Å². The number of thiophene rings is 1. The van der Waals surface area contributed by atoms with Gasteiger partial charge in [0.25, 0.3) is 0 Å². The van der Waals surface area contributed by atoms with Crippen LogP contribution in [-0.4, -0.2) is 28.1 Å². The first-order valence-electron chi connectivity index (χ1n) is 11.7. The quantitative estimate of drug-likeness (QED) is 0.257. The minimum absolute atomic E-state index is 0.210. The Balaban J connectivity index is 1.41. The average molecular weight is 532 g/mol. The van der Waals surface area contributed by atoms with Crippen molar-refractivity contribution >= 4 is 51.6 Å². The Labute approximate surface area is 223 Å². The number of amides is 2. The molecule has 0 bridgehead atoms. The van der Waals surface area contributed by atoms with Gasteiger partial charge in [-0.25, -0.2) is 4.79 Å². The number of fused-ring (bicyclic) bond motifs is 1. The molecule has 4 rings (SSSR count). The standard InChI is InChI=1S/C28H25N3O4S2/c1-17(36-21-9-5-8-20(15-21)30-25(32)12-13-26(33)34)27(35)31-28-23(16-29)22-11-10-19(14-24(22)37-28)18-6-3-2-4-7-18/h2-9,12-13,15,17,19H,10-11,14H2,1H3,(H,30,32)(H,31,35)(H,33,34)/b13-12+. The lowest BCUT2D eigenvalue weighted by molar-refractivity contribution is -0.131. The van der Waals surface area contributed by atoms with E-state index in [0.29, 0.717) is 22.2 Å². The van der Waals surface area contributed by atoms with Gasteiger partial charge in [0.2, 0.25) is 11.8 Å². The monoisotopic (exact) mass is 531 g/mol. The minimum atomic E-state index is -1.21. The van der Waals surface area contributed by atoms with Gasteiger partial charge >= 0.3 is 5.97 Å². The molecular weight excluding hydrogens is 506 g/mol. The van der Waals surface area contributed by atoms with Crippen LogP contribution in [-0.2, 0) is 27.2 Å². The maximum absolute atomic E-state index is 13.0. The smallest absolute Gasteiger partial charge is 0.328 e. The van der Waals surface area contributed by atoms with Gasteiger partial charge in [0.05, 0.1) is 10.8 Å². The fourth-order valence-corrected chi connectivity index (χ4v) is 6.46. The second-order valence-electron chi connectivity index (χ2n) is 8.61. The van der Waals surface area contributed by atoms with E-state index in [-0.39, 0.29) is 5.91 Å². The van der Waals surface area contributed by atoms with Crippen LogP contribution in [0.1, 0.15) is 40.8 Å². The van der Waals surface area contributed by atoms with E-state index in [1.54, 1.807) is 25.1 Å². The van der Waals surface area contributed by atoms with E-state index < -0.39 is 17.1 Å². The first kappa shape index (κ1) is 26.2. The van der Waals surface area contributed by atoms with Crippen LogP contribution in [0.15, 0.2) is 71.6 Å². The SMILES string of the molecule is CC(Sc1cccc(NC(=O)/C=C/C(=O)O)c1)C(=O)Nc1sc2c(c1C#N)CCC(c1ccccc1)C2. The molecule has 2 aromatic carbocycles. The Kier molecular flexibility index (Phi) is 8.43. The summed E-state index contributed by atoms with van der Waals surface area (Å²) in [5.41, 5.74) is 3.40. The molecular formula is C28H25N3O4S2. The molecule has 0 fully saturated rings. The predicted octanol–water partition coefficient (Wildman–Crippen LogP) is 5.59. The van der Waals surface area contributed by atoms with E-state index in [1.165, 1.54) is 28.7 Å². The van der Waals surface area contributed by atoms with Crippen molar-refractivity contribution in [3.8, 4) is 6.07 Å². The van der Waals surface area contributed by atoms with E-state index in [4.69, 9.17) is 5.11 Å². The van der Waals surface area contributed by atoms with Crippen LogP contribution in [0, 0.1) is 11.3 Å². The number of nitrogens with one attached hydrogen (secondary N) is 2. The Morgan fingerprint density at radius 1 is 1.14 bits per heavy atom. The number of nitrogens with zero attached hydrogens (tertiary/aromatic N) is 1. The molecule has 188 valence electrons. The third kappa shape index (κ3) is 6.67. The van der Waals surface area contributed by atoms with E-state index >= 15 is 0 Å². The van der Waals surface area contributed by atoms with Gasteiger partial charge in [-0.2, -0.15) is 5.26 Å². The first-order chi connectivity index (χ1) is 17.8. The van der Waals surface area contributed by atoms with Crippen LogP contribution in [0.25, 0.3) is 0 Å². The molecule has 3 N–H and O–H groups in total. The number of hydrogen-bond acceptors (Lipinski definition) is 6. The summed E-state index contributed by atoms with van der Waals surface area (Å²) in [6.45, 7) is 1.78. The Bertz CT molecular complexity index is 1390. The summed E-state index contributed by atoms with van der Waals surface area (Å²) in [4.78, 5) is 37.4. The zero-order valence-electron chi connectivity index (χ0n) is 20.1. The summed E-state index contributed by atoms with van der Waals surface area (Å²) in [5.74, 6) is -1.57. The molecule has 0 saturated carbocycles. The van der Waals surface area contributed by atoms with E-state index in [0.717, 1.165) is 46.8 Å². The number of anilines is 2. The van der Waals surface area contributed by atoms with Gasteiger partial charge in [0.1, 0.15) is 11.1 Å². The molecule has 7 nitrogen and oxygen atoms in total. The molecule has 0 radical (unpaired) electrons. The number of hydrogen-bond donors (Lipinski definition) is 3. The van der Waals surface area contributed by atoms with Crippen LogP contribution >= 0.6 is 23.1 Å². The van der Waals surface area contributed by atoms with Crippen molar-refractivity contribution in [2.24, 2.45) is 0 Å². The molecule has 1 heterocycles. The average Bonchev–Trinajstić information content (AvgIpc) is 3.24. The predicted molar refractivity (Wildman–Crippen MR) is 146 cm³/mol. The summed E-state index contributed by atoms with van der Waals surface area (Å²) in [6.07, 6.45) is 4.35. The second-order valence-corrected chi connectivity index (χ2v) is 11.1. The number of nitriles is 1. The Morgan fingerprint density at radius 2 is 1.92 bits per heavy atom. The van der Waals surface area contributed by atoms with Crippen LogP contribution in [0.5, 0.6) is 0 Å². The van der Waals surface area contributed by atoms with Crippen molar-refractivity contribution in [1.29, 1.82) is 5.26 Å². The number of benzene rings is 2. The molecule has 2 unspecified atom stereocenters. The molecule has 37 heavy (non-hydrogen) atoms. The van der Waals surface area contributed by atoms with Gasteiger partial charge in [0.15, 0.2) is 0 Å². The zero-order chi connectivity index (χ0) is 26.4. The summed E-state index contributed by atoms with van der Waals surface area (Å²) in [5, 5.41) is 24.2. The van der Waals surface area contributed by atoms with Crippen molar-refractivity contribution < 1.29 is 19.5 Å². The van der Waals surface area contributed by atoms with Gasteiger partial charge in [-0.05, 0) is 61.4 Å². The zero-order valence-corrected chi connectivity index (χ0v) is 21.7. The number of carbonyl (C=O) groups excluding carboxylic acids is 2. The highest BCUT2D eigenvalue weighted by Crippen LogP contribution is 2.42. The topological polar surface area (TPSA) is 119 Å². The van der Waals surface area contributed by atoms with Crippen molar-refractivity contribution in [1.82, 2.24) is 0 Å². The molecule has 9 heteroatoms. The van der Waals surface area contributed by atoms with Gasteiger partial charge in [0, 0.05) is 27.6 Å². The number of thioether (sulfide) groups is 1. The normalized spacial score (nSPS) is 15.4. The molecule has 2 atom stereocenters. The lowest BCUT2D eigenvalue weighted by atomic mass is 9.83. The molecule has 2 amide bonds. The summed E-state index contributed by atoms with van der Waals surface area (Å²) < 4.78 is 0. The maximum Gasteiger partial charge on any atom is 0.328 e. The van der Waals surface area contributed by atoms with E-state index in [2.05, 4.69) is 28.8 Å². The van der Waals surface area contributed by atoms with E-state index in [9.17, 15) is 19.6 Å². The van der Waals surface area contributed by atoms with Gasteiger partial charge in [-0.15, -0.1) is 23.1 Å². The number of carboxylic acid groups (broad SMARTS) is 1. The number of rotatable bonds is 8. The molecule has 3 aromatic rings. The highest BCUT2D eigenvalue weighted by Gasteiger charge is 2.28. The molecule has 1 aromatic heterocycles. The summed E-state index contributed by atoms with van der Waals surface area (Å²) in [6, 6.07) is 19.7. The number of aliphatic carboxylic acids is 1. The van der Waals surface area contributed by atoms with Crippen molar-refractivity contribution in [2.45, 2.75) is 42.2 Å². The third-order valence-electron chi connectivity index (χ3n) is 6.05. The van der Waals surface area contributed by atoms with Crippen molar-refractivity contribution in [2.75, 3.05) is 10.6 Å². The second kappa shape index (κ2) is 11.9. The lowest BCUT2D eigenvalue weighted by Gasteiger charge is -2.22. The molecule has 1 aliphatic carbocycles. The van der Waals surface area contributed by atoms with Crippen molar-refractivity contribution in [3.05, 3.63) is 88.3 Å². The van der Waals surface area contributed by atoms with Gasteiger partial charge < -0.3 is 15.7 Å². The highest BCUT2D eigenvalue weighted by atomic mass is 32.2. The fourth-order valence-electron chi connectivity index (χ4n) is 4.25. The largest absolute Gasteiger partial charge is 0.478 e. The van der Waals surface area contributed by atoms with Crippen LogP contribution < -0.4 is 10.6 Å². The Hall–Kier alpha value is -3.87. The molecule has 0 aliphatic heterocycles. The molecule has 0 spiro atoms.